The Balaban J connectivity index is 1.94. The zero-order chi connectivity index (χ0) is 11.4. The summed E-state index contributed by atoms with van der Waals surface area (Å²) in [5.41, 5.74) is 1.07. The fraction of sp³-hybridized carbons (Fsp3) is 0.583. The number of piperazine rings is 1. The Labute approximate surface area is 96.5 Å². The van der Waals surface area contributed by atoms with Crippen LogP contribution in [0.4, 0.5) is 5.82 Å². The van der Waals surface area contributed by atoms with Gasteiger partial charge in [-0.2, -0.15) is 0 Å². The van der Waals surface area contributed by atoms with E-state index in [2.05, 4.69) is 26.9 Å². The van der Waals surface area contributed by atoms with Crippen molar-refractivity contribution in [1.82, 2.24) is 9.88 Å². The second-order valence-electron chi connectivity index (χ2n) is 4.19. The van der Waals surface area contributed by atoms with Gasteiger partial charge in [0.25, 0.3) is 0 Å². The maximum absolute atomic E-state index is 8.87. The highest BCUT2D eigenvalue weighted by molar-refractivity contribution is 5.39. The number of rotatable bonds is 3. The normalized spacial score (nSPS) is 17.8. The van der Waals surface area contributed by atoms with E-state index in [-0.39, 0.29) is 6.61 Å². The Hall–Kier alpha value is -1.13. The molecule has 1 aliphatic heterocycles. The molecule has 0 atom stereocenters. The average molecular weight is 221 g/mol. The molecule has 0 aromatic carbocycles. The predicted octanol–water partition coefficient (Wildman–Crippen LogP) is 0.504. The van der Waals surface area contributed by atoms with E-state index in [1.807, 2.05) is 13.0 Å². The molecule has 0 amide bonds. The van der Waals surface area contributed by atoms with Gasteiger partial charge in [-0.05, 0) is 19.1 Å². The summed E-state index contributed by atoms with van der Waals surface area (Å²) in [5.74, 6) is 1.07. The molecule has 1 aromatic rings. The summed E-state index contributed by atoms with van der Waals surface area (Å²) in [7, 11) is 0. The molecule has 1 saturated heterocycles. The third-order valence-corrected chi connectivity index (χ3v) is 2.99. The van der Waals surface area contributed by atoms with Gasteiger partial charge in [0.1, 0.15) is 5.82 Å². The van der Waals surface area contributed by atoms with Gasteiger partial charge in [0.2, 0.25) is 0 Å². The zero-order valence-corrected chi connectivity index (χ0v) is 9.76. The molecule has 2 rings (SSSR count). The fourth-order valence-electron chi connectivity index (χ4n) is 2.05. The summed E-state index contributed by atoms with van der Waals surface area (Å²) in [5, 5.41) is 8.87. The lowest BCUT2D eigenvalue weighted by molar-refractivity contribution is 0.188. The number of aliphatic hydroxyl groups is 1. The molecule has 0 unspecified atom stereocenters. The van der Waals surface area contributed by atoms with Crippen LogP contribution in [0.2, 0.25) is 0 Å². The van der Waals surface area contributed by atoms with Crippen LogP contribution in [0, 0.1) is 6.92 Å². The fourth-order valence-corrected chi connectivity index (χ4v) is 2.05. The van der Waals surface area contributed by atoms with Crippen molar-refractivity contribution in [2.24, 2.45) is 0 Å². The Kier molecular flexibility index (Phi) is 3.74. The van der Waals surface area contributed by atoms with Crippen LogP contribution >= 0.6 is 0 Å². The van der Waals surface area contributed by atoms with Crippen LogP contribution < -0.4 is 4.90 Å². The van der Waals surface area contributed by atoms with Gasteiger partial charge in [0, 0.05) is 38.4 Å². The quantitative estimate of drug-likeness (QED) is 0.807. The summed E-state index contributed by atoms with van der Waals surface area (Å²) in [6.45, 7) is 7.07. The minimum atomic E-state index is 0.253. The third kappa shape index (κ3) is 2.71. The van der Waals surface area contributed by atoms with E-state index in [0.29, 0.717) is 0 Å². The lowest BCUT2D eigenvalue weighted by Gasteiger charge is -2.35. The summed E-state index contributed by atoms with van der Waals surface area (Å²) in [4.78, 5) is 9.12. The van der Waals surface area contributed by atoms with Crippen molar-refractivity contribution >= 4 is 5.82 Å². The van der Waals surface area contributed by atoms with Crippen LogP contribution in [0.5, 0.6) is 0 Å². The van der Waals surface area contributed by atoms with Crippen LogP contribution in [0.3, 0.4) is 0 Å². The number of aromatic nitrogens is 1. The first-order chi connectivity index (χ1) is 7.79. The second-order valence-corrected chi connectivity index (χ2v) is 4.19. The minimum Gasteiger partial charge on any atom is -0.395 e. The first-order valence-corrected chi connectivity index (χ1v) is 5.81. The van der Waals surface area contributed by atoms with E-state index in [9.17, 15) is 0 Å². The van der Waals surface area contributed by atoms with Gasteiger partial charge < -0.3 is 10.0 Å². The molecule has 0 aliphatic carbocycles. The molecule has 1 aliphatic rings. The largest absolute Gasteiger partial charge is 0.395 e. The van der Waals surface area contributed by atoms with E-state index in [1.54, 1.807) is 0 Å². The summed E-state index contributed by atoms with van der Waals surface area (Å²) >= 11 is 0. The number of pyridine rings is 1. The van der Waals surface area contributed by atoms with Crippen LogP contribution in [-0.4, -0.2) is 54.3 Å². The molecule has 4 nitrogen and oxygen atoms in total. The SMILES string of the molecule is Cc1cccc(N2CCN(CCO)CC2)n1. The number of aryl methyl sites for hydroxylation is 1. The van der Waals surface area contributed by atoms with Gasteiger partial charge in [-0.25, -0.2) is 4.98 Å². The van der Waals surface area contributed by atoms with Gasteiger partial charge in [0.15, 0.2) is 0 Å². The van der Waals surface area contributed by atoms with E-state index in [0.717, 1.165) is 44.2 Å². The molecule has 0 bridgehead atoms. The van der Waals surface area contributed by atoms with E-state index in [1.165, 1.54) is 0 Å². The van der Waals surface area contributed by atoms with Crippen molar-refractivity contribution < 1.29 is 5.11 Å². The standard InChI is InChI=1S/C12H19N3O/c1-11-3-2-4-12(13-11)15-7-5-14(6-8-15)9-10-16/h2-4,16H,5-10H2,1H3. The van der Waals surface area contributed by atoms with Crippen molar-refractivity contribution in [2.75, 3.05) is 44.2 Å². The van der Waals surface area contributed by atoms with Crippen molar-refractivity contribution in [1.29, 1.82) is 0 Å². The van der Waals surface area contributed by atoms with Gasteiger partial charge in [0.05, 0.1) is 6.61 Å². The van der Waals surface area contributed by atoms with Crippen molar-refractivity contribution in [3.05, 3.63) is 23.9 Å². The molecule has 4 heteroatoms. The Morgan fingerprint density at radius 2 is 2.00 bits per heavy atom. The smallest absolute Gasteiger partial charge is 0.128 e. The molecule has 0 radical (unpaired) electrons. The van der Waals surface area contributed by atoms with E-state index >= 15 is 0 Å². The number of nitrogens with zero attached hydrogens (tertiary/aromatic N) is 3. The van der Waals surface area contributed by atoms with Gasteiger partial charge in [-0.15, -0.1) is 0 Å². The van der Waals surface area contributed by atoms with Gasteiger partial charge in [-0.3, -0.25) is 4.90 Å². The molecule has 2 heterocycles. The van der Waals surface area contributed by atoms with Crippen LogP contribution in [0.25, 0.3) is 0 Å². The van der Waals surface area contributed by atoms with Crippen LogP contribution in [-0.2, 0) is 0 Å². The molecule has 0 spiro atoms. The number of anilines is 1. The molecular weight excluding hydrogens is 202 g/mol. The Bertz CT molecular complexity index is 335. The molecule has 88 valence electrons. The molecule has 1 fully saturated rings. The lowest BCUT2D eigenvalue weighted by Crippen LogP contribution is -2.47. The second kappa shape index (κ2) is 5.27. The monoisotopic (exact) mass is 221 g/mol. The zero-order valence-electron chi connectivity index (χ0n) is 9.76. The van der Waals surface area contributed by atoms with Crippen LogP contribution in [0.1, 0.15) is 5.69 Å². The summed E-state index contributed by atoms with van der Waals surface area (Å²) < 4.78 is 0. The van der Waals surface area contributed by atoms with Gasteiger partial charge in [-0.1, -0.05) is 6.07 Å². The Morgan fingerprint density at radius 3 is 2.62 bits per heavy atom. The maximum Gasteiger partial charge on any atom is 0.128 e. The number of hydrogen-bond donors (Lipinski definition) is 1. The first-order valence-electron chi connectivity index (χ1n) is 5.81. The van der Waals surface area contributed by atoms with Crippen molar-refractivity contribution in [3.8, 4) is 0 Å². The molecular formula is C12H19N3O. The highest BCUT2D eigenvalue weighted by Crippen LogP contribution is 2.13. The molecule has 16 heavy (non-hydrogen) atoms. The highest BCUT2D eigenvalue weighted by Gasteiger charge is 2.17. The first kappa shape index (κ1) is 11.4. The number of aliphatic hydroxyl groups excluding tert-OH is 1. The van der Waals surface area contributed by atoms with Crippen molar-refractivity contribution in [3.63, 3.8) is 0 Å². The average Bonchev–Trinajstić information content (AvgIpc) is 2.30. The van der Waals surface area contributed by atoms with E-state index in [4.69, 9.17) is 5.11 Å². The van der Waals surface area contributed by atoms with Crippen LogP contribution in [0.15, 0.2) is 18.2 Å². The number of β-amino-alcohol motifs (C(OH)–C–C–N with tert-alkyl or cyclic N) is 1. The van der Waals surface area contributed by atoms with E-state index < -0.39 is 0 Å². The molecule has 1 aromatic heterocycles. The van der Waals surface area contributed by atoms with Gasteiger partial charge >= 0.3 is 0 Å². The third-order valence-electron chi connectivity index (χ3n) is 2.99. The molecule has 1 N–H and O–H groups in total. The maximum atomic E-state index is 8.87. The molecule has 0 saturated carbocycles. The highest BCUT2D eigenvalue weighted by atomic mass is 16.3. The van der Waals surface area contributed by atoms with Crippen molar-refractivity contribution in [2.45, 2.75) is 6.92 Å². The summed E-state index contributed by atoms with van der Waals surface area (Å²) in [6, 6.07) is 6.14. The number of hydrogen-bond acceptors (Lipinski definition) is 4. The summed E-state index contributed by atoms with van der Waals surface area (Å²) in [6.07, 6.45) is 0. The Morgan fingerprint density at radius 1 is 1.25 bits per heavy atom. The minimum absolute atomic E-state index is 0.253. The topological polar surface area (TPSA) is 39.6 Å². The predicted molar refractivity (Wildman–Crippen MR) is 64.7 cm³/mol. The lowest BCUT2D eigenvalue weighted by atomic mass is 10.3.